The second-order valence-corrected chi connectivity index (χ2v) is 4.72. The number of rotatable bonds is 8. The van der Waals surface area contributed by atoms with Crippen molar-refractivity contribution in [1.82, 2.24) is 0 Å². The second kappa shape index (κ2) is 8.51. The molecule has 1 rings (SSSR count). The van der Waals surface area contributed by atoms with E-state index in [0.717, 1.165) is 12.8 Å². The lowest BCUT2D eigenvalue weighted by atomic mass is 10.0. The van der Waals surface area contributed by atoms with Crippen LogP contribution in [0.5, 0.6) is 0 Å². The summed E-state index contributed by atoms with van der Waals surface area (Å²) < 4.78 is 0. The van der Waals surface area contributed by atoms with Gasteiger partial charge in [0.15, 0.2) is 0 Å². The third kappa shape index (κ3) is 6.89. The van der Waals surface area contributed by atoms with Crippen LogP contribution in [0, 0.1) is 5.92 Å². The number of carboxylic acids is 1. The van der Waals surface area contributed by atoms with Crippen molar-refractivity contribution in [3.63, 3.8) is 0 Å². The number of aliphatic carboxylic acids is 1. The Balaban J connectivity index is 2.13. The molecule has 0 aliphatic heterocycles. The van der Waals surface area contributed by atoms with Crippen LogP contribution in [0.15, 0.2) is 42.5 Å². The van der Waals surface area contributed by atoms with E-state index in [0.29, 0.717) is 12.3 Å². The summed E-state index contributed by atoms with van der Waals surface area (Å²) in [7, 11) is 0. The van der Waals surface area contributed by atoms with Crippen LogP contribution in [-0.2, 0) is 11.2 Å². The van der Waals surface area contributed by atoms with Crippen LogP contribution >= 0.6 is 0 Å². The molecule has 18 heavy (non-hydrogen) atoms. The summed E-state index contributed by atoms with van der Waals surface area (Å²) in [4.78, 5) is 10.3. The van der Waals surface area contributed by atoms with Gasteiger partial charge in [0.1, 0.15) is 0 Å². The van der Waals surface area contributed by atoms with Crippen LogP contribution in [-0.4, -0.2) is 11.1 Å². The molecule has 0 heterocycles. The number of hydrogen-bond donors (Lipinski definition) is 1. The van der Waals surface area contributed by atoms with E-state index in [2.05, 4.69) is 37.3 Å². The van der Waals surface area contributed by atoms with Gasteiger partial charge in [-0.3, -0.25) is 4.79 Å². The largest absolute Gasteiger partial charge is 0.481 e. The summed E-state index contributed by atoms with van der Waals surface area (Å²) in [6.45, 7) is 2.18. The number of carboxylic acid groups (broad SMARTS) is 1. The van der Waals surface area contributed by atoms with Gasteiger partial charge in [-0.1, -0.05) is 49.4 Å². The van der Waals surface area contributed by atoms with Crippen LogP contribution in [0.3, 0.4) is 0 Å². The average Bonchev–Trinajstić information content (AvgIpc) is 2.36. The minimum atomic E-state index is -0.726. The highest BCUT2D eigenvalue weighted by atomic mass is 16.4. The Bertz CT molecular complexity index is 368. The predicted molar refractivity (Wildman–Crippen MR) is 74.6 cm³/mol. The van der Waals surface area contributed by atoms with Gasteiger partial charge in [0.05, 0.1) is 0 Å². The molecule has 1 N–H and O–H groups in total. The predicted octanol–water partition coefficient (Wildman–Crippen LogP) is 4.07. The third-order valence-electron chi connectivity index (χ3n) is 2.96. The number of carbonyl (C=O) groups is 1. The summed E-state index contributed by atoms with van der Waals surface area (Å²) in [5.74, 6) is -0.195. The molecule has 98 valence electrons. The van der Waals surface area contributed by atoms with Crippen molar-refractivity contribution >= 4 is 5.97 Å². The van der Waals surface area contributed by atoms with E-state index in [1.165, 1.54) is 12.0 Å². The average molecular weight is 246 g/mol. The highest BCUT2D eigenvalue weighted by Crippen LogP contribution is 2.12. The molecule has 0 saturated heterocycles. The highest BCUT2D eigenvalue weighted by Gasteiger charge is 1.98. The maximum absolute atomic E-state index is 10.3. The van der Waals surface area contributed by atoms with Crippen molar-refractivity contribution < 1.29 is 9.90 Å². The first kappa shape index (κ1) is 14.5. The molecule has 0 aliphatic carbocycles. The van der Waals surface area contributed by atoms with Gasteiger partial charge in [-0.15, -0.1) is 0 Å². The minimum Gasteiger partial charge on any atom is -0.481 e. The molecule has 0 fully saturated rings. The van der Waals surface area contributed by atoms with Gasteiger partial charge in [0, 0.05) is 6.42 Å². The van der Waals surface area contributed by atoms with Gasteiger partial charge in [-0.2, -0.15) is 0 Å². The lowest BCUT2D eigenvalue weighted by Crippen LogP contribution is -1.94. The molecule has 0 spiro atoms. The molecule has 0 bridgehead atoms. The third-order valence-corrected chi connectivity index (χ3v) is 2.96. The van der Waals surface area contributed by atoms with Crippen molar-refractivity contribution in [2.45, 2.75) is 39.0 Å². The minimum absolute atomic E-state index is 0.229. The van der Waals surface area contributed by atoms with Crippen LogP contribution in [0.2, 0.25) is 0 Å². The molecule has 0 radical (unpaired) electrons. The molecule has 1 aromatic rings. The molecule has 0 aromatic heterocycles. The molecule has 2 nitrogen and oxygen atoms in total. The first-order valence-corrected chi connectivity index (χ1v) is 6.61. The summed E-state index contributed by atoms with van der Waals surface area (Å²) in [6, 6.07) is 10.5. The fourth-order valence-electron chi connectivity index (χ4n) is 1.90. The molecule has 1 aromatic carbocycles. The molecule has 0 aliphatic rings. The lowest BCUT2D eigenvalue weighted by molar-refractivity contribution is -0.136. The summed E-state index contributed by atoms with van der Waals surface area (Å²) in [5.41, 5.74) is 1.39. The van der Waals surface area contributed by atoms with Crippen LogP contribution in [0.4, 0.5) is 0 Å². The van der Waals surface area contributed by atoms with E-state index in [1.807, 2.05) is 12.1 Å². The van der Waals surface area contributed by atoms with Crippen molar-refractivity contribution in [1.29, 1.82) is 0 Å². The summed E-state index contributed by atoms with van der Waals surface area (Å²) in [6.07, 6.45) is 8.43. The zero-order valence-corrected chi connectivity index (χ0v) is 11.0. The molecule has 1 atom stereocenters. The topological polar surface area (TPSA) is 37.3 Å². The SMILES string of the molecule is C[C@@H](/C=C/CCC(=O)O)CCCc1ccccc1. The van der Waals surface area contributed by atoms with E-state index >= 15 is 0 Å². The smallest absolute Gasteiger partial charge is 0.303 e. The Labute approximate surface area is 109 Å². The Kier molecular flexibility index (Phi) is 6.85. The van der Waals surface area contributed by atoms with E-state index in [1.54, 1.807) is 0 Å². The van der Waals surface area contributed by atoms with E-state index < -0.39 is 5.97 Å². The number of allylic oxidation sites excluding steroid dienone is 2. The van der Waals surface area contributed by atoms with Crippen LogP contribution in [0.1, 0.15) is 38.2 Å². The quantitative estimate of drug-likeness (QED) is 0.702. The van der Waals surface area contributed by atoms with Crippen molar-refractivity contribution in [3.8, 4) is 0 Å². The van der Waals surface area contributed by atoms with Gasteiger partial charge < -0.3 is 5.11 Å². The van der Waals surface area contributed by atoms with Crippen molar-refractivity contribution in [2.75, 3.05) is 0 Å². The Morgan fingerprint density at radius 1 is 1.33 bits per heavy atom. The summed E-state index contributed by atoms with van der Waals surface area (Å²) in [5, 5.41) is 8.51. The fraction of sp³-hybridized carbons (Fsp3) is 0.438. The van der Waals surface area contributed by atoms with Crippen molar-refractivity contribution in [2.24, 2.45) is 5.92 Å². The van der Waals surface area contributed by atoms with Gasteiger partial charge in [0.2, 0.25) is 0 Å². The van der Waals surface area contributed by atoms with Gasteiger partial charge in [0.25, 0.3) is 0 Å². The lowest BCUT2D eigenvalue weighted by Gasteiger charge is -2.06. The zero-order valence-electron chi connectivity index (χ0n) is 11.0. The van der Waals surface area contributed by atoms with E-state index in [-0.39, 0.29) is 6.42 Å². The maximum Gasteiger partial charge on any atom is 0.303 e. The fourth-order valence-corrected chi connectivity index (χ4v) is 1.90. The summed E-state index contributed by atoms with van der Waals surface area (Å²) >= 11 is 0. The van der Waals surface area contributed by atoms with Crippen LogP contribution in [0.25, 0.3) is 0 Å². The number of aryl methyl sites for hydroxylation is 1. The molecular weight excluding hydrogens is 224 g/mol. The highest BCUT2D eigenvalue weighted by molar-refractivity contribution is 5.66. The Hall–Kier alpha value is -1.57. The van der Waals surface area contributed by atoms with Gasteiger partial charge in [-0.25, -0.2) is 0 Å². The molecule has 2 heteroatoms. The molecule has 0 saturated carbocycles. The molecular formula is C16H22O2. The van der Waals surface area contributed by atoms with E-state index in [4.69, 9.17) is 5.11 Å². The first-order valence-electron chi connectivity index (χ1n) is 6.61. The molecule has 0 unspecified atom stereocenters. The number of benzene rings is 1. The first-order chi connectivity index (χ1) is 8.68. The molecule has 0 amide bonds. The monoisotopic (exact) mass is 246 g/mol. The normalized spacial score (nSPS) is 12.7. The standard InChI is InChI=1S/C16H22O2/c1-14(8-5-6-13-16(17)18)9-7-12-15-10-3-2-4-11-15/h2-5,8,10-11,14H,6-7,9,12-13H2,1H3,(H,17,18)/b8-5+/t14-/m0/s1. The zero-order chi connectivity index (χ0) is 13.2. The second-order valence-electron chi connectivity index (χ2n) is 4.72. The van der Waals surface area contributed by atoms with Crippen molar-refractivity contribution in [3.05, 3.63) is 48.0 Å². The van der Waals surface area contributed by atoms with Crippen LogP contribution < -0.4 is 0 Å². The van der Waals surface area contributed by atoms with E-state index in [9.17, 15) is 4.79 Å². The number of hydrogen-bond acceptors (Lipinski definition) is 1. The Morgan fingerprint density at radius 2 is 2.06 bits per heavy atom. The maximum atomic E-state index is 10.3. The van der Waals surface area contributed by atoms with Gasteiger partial charge >= 0.3 is 5.97 Å². The Morgan fingerprint density at radius 3 is 2.72 bits per heavy atom. The van der Waals surface area contributed by atoms with Gasteiger partial charge in [-0.05, 0) is 37.2 Å².